The van der Waals surface area contributed by atoms with Crippen molar-refractivity contribution in [2.24, 2.45) is 5.73 Å². The van der Waals surface area contributed by atoms with E-state index >= 15 is 0 Å². The Hall–Kier alpha value is -0.820. The maximum atomic E-state index is 5.71. The SMILES string of the molecule is CCc1cc(C)c(C)c(C(C)CN)c1. The molecule has 2 N–H and O–H groups in total. The van der Waals surface area contributed by atoms with Crippen molar-refractivity contribution < 1.29 is 0 Å². The molecular formula is C13H21N. The molecular weight excluding hydrogens is 170 g/mol. The molecule has 0 aliphatic rings. The van der Waals surface area contributed by atoms with E-state index in [1.807, 2.05) is 0 Å². The first-order chi connectivity index (χ1) is 6.60. The Balaban J connectivity index is 3.20. The van der Waals surface area contributed by atoms with Gasteiger partial charge in [0.25, 0.3) is 0 Å². The van der Waals surface area contributed by atoms with Crippen LogP contribution in [-0.2, 0) is 6.42 Å². The molecule has 14 heavy (non-hydrogen) atoms. The Kier molecular flexibility index (Phi) is 3.70. The van der Waals surface area contributed by atoms with Crippen molar-refractivity contribution in [2.45, 2.75) is 40.0 Å². The topological polar surface area (TPSA) is 26.0 Å². The fourth-order valence-electron chi connectivity index (χ4n) is 1.81. The molecule has 1 unspecified atom stereocenters. The third kappa shape index (κ3) is 2.16. The molecule has 0 aliphatic carbocycles. The number of aryl methyl sites for hydroxylation is 2. The average Bonchev–Trinajstić information content (AvgIpc) is 2.20. The van der Waals surface area contributed by atoms with E-state index in [-0.39, 0.29) is 0 Å². The zero-order valence-electron chi connectivity index (χ0n) is 9.72. The Labute approximate surface area is 87.3 Å². The predicted octanol–water partition coefficient (Wildman–Crippen LogP) is 2.93. The molecule has 1 heteroatoms. The van der Waals surface area contributed by atoms with Crippen LogP contribution >= 0.6 is 0 Å². The van der Waals surface area contributed by atoms with Crippen molar-refractivity contribution in [3.05, 3.63) is 34.4 Å². The largest absolute Gasteiger partial charge is 0.330 e. The Bertz CT molecular complexity index is 315. The third-order valence-electron chi connectivity index (χ3n) is 3.06. The molecule has 0 aliphatic heterocycles. The summed E-state index contributed by atoms with van der Waals surface area (Å²) >= 11 is 0. The van der Waals surface area contributed by atoms with Gasteiger partial charge in [-0.3, -0.25) is 0 Å². The van der Waals surface area contributed by atoms with E-state index in [0.29, 0.717) is 5.92 Å². The molecule has 1 rings (SSSR count). The summed E-state index contributed by atoms with van der Waals surface area (Å²) in [5.74, 6) is 0.472. The summed E-state index contributed by atoms with van der Waals surface area (Å²) in [5, 5.41) is 0. The van der Waals surface area contributed by atoms with E-state index in [4.69, 9.17) is 5.73 Å². The molecule has 0 radical (unpaired) electrons. The normalized spacial score (nSPS) is 12.9. The molecule has 0 fully saturated rings. The van der Waals surface area contributed by atoms with Gasteiger partial charge in [0, 0.05) is 0 Å². The molecule has 0 aromatic heterocycles. The zero-order chi connectivity index (χ0) is 10.7. The van der Waals surface area contributed by atoms with Crippen molar-refractivity contribution in [1.82, 2.24) is 0 Å². The summed E-state index contributed by atoms with van der Waals surface area (Å²) in [6.07, 6.45) is 1.10. The van der Waals surface area contributed by atoms with Crippen molar-refractivity contribution in [2.75, 3.05) is 6.54 Å². The fraction of sp³-hybridized carbons (Fsp3) is 0.538. The molecule has 0 spiro atoms. The van der Waals surface area contributed by atoms with Gasteiger partial charge in [0.15, 0.2) is 0 Å². The van der Waals surface area contributed by atoms with Crippen molar-refractivity contribution >= 4 is 0 Å². The van der Waals surface area contributed by atoms with Gasteiger partial charge in [-0.1, -0.05) is 26.0 Å². The Morgan fingerprint density at radius 3 is 2.43 bits per heavy atom. The van der Waals surface area contributed by atoms with Crippen LogP contribution in [0.4, 0.5) is 0 Å². The van der Waals surface area contributed by atoms with Crippen LogP contribution in [0.2, 0.25) is 0 Å². The predicted molar refractivity (Wildman–Crippen MR) is 62.8 cm³/mol. The van der Waals surface area contributed by atoms with E-state index in [2.05, 4.69) is 39.8 Å². The fourth-order valence-corrected chi connectivity index (χ4v) is 1.81. The standard InChI is InChI=1S/C13H21N/c1-5-12-6-9(2)11(4)13(7-12)10(3)8-14/h6-7,10H,5,8,14H2,1-4H3. The zero-order valence-corrected chi connectivity index (χ0v) is 9.72. The first-order valence-electron chi connectivity index (χ1n) is 5.40. The van der Waals surface area contributed by atoms with Crippen LogP contribution in [0.5, 0.6) is 0 Å². The summed E-state index contributed by atoms with van der Waals surface area (Å²) < 4.78 is 0. The van der Waals surface area contributed by atoms with Gasteiger partial charge >= 0.3 is 0 Å². The van der Waals surface area contributed by atoms with E-state index in [1.165, 1.54) is 22.3 Å². The second-order valence-electron chi connectivity index (χ2n) is 4.12. The highest BCUT2D eigenvalue weighted by molar-refractivity contribution is 5.39. The minimum absolute atomic E-state index is 0.472. The second kappa shape index (κ2) is 4.61. The number of benzene rings is 1. The van der Waals surface area contributed by atoms with Crippen LogP contribution in [0.3, 0.4) is 0 Å². The summed E-state index contributed by atoms with van der Waals surface area (Å²) in [6, 6.07) is 4.59. The number of nitrogens with two attached hydrogens (primary N) is 1. The van der Waals surface area contributed by atoms with Gasteiger partial charge in [-0.05, 0) is 55.0 Å². The molecule has 1 nitrogen and oxygen atoms in total. The summed E-state index contributed by atoms with van der Waals surface area (Å²) in [6.45, 7) is 9.49. The van der Waals surface area contributed by atoms with Gasteiger partial charge in [-0.15, -0.1) is 0 Å². The van der Waals surface area contributed by atoms with E-state index in [1.54, 1.807) is 0 Å². The van der Waals surface area contributed by atoms with Crippen LogP contribution in [0.1, 0.15) is 42.0 Å². The van der Waals surface area contributed by atoms with Crippen molar-refractivity contribution in [3.63, 3.8) is 0 Å². The monoisotopic (exact) mass is 191 g/mol. The van der Waals surface area contributed by atoms with E-state index < -0.39 is 0 Å². The lowest BCUT2D eigenvalue weighted by Crippen LogP contribution is -2.11. The van der Waals surface area contributed by atoms with Gasteiger partial charge < -0.3 is 5.73 Å². The number of rotatable bonds is 3. The lowest BCUT2D eigenvalue weighted by molar-refractivity contribution is 0.764. The first-order valence-corrected chi connectivity index (χ1v) is 5.40. The smallest absolute Gasteiger partial charge is 0.00108 e. The highest BCUT2D eigenvalue weighted by Gasteiger charge is 2.09. The third-order valence-corrected chi connectivity index (χ3v) is 3.06. The summed E-state index contributed by atoms with van der Waals surface area (Å²) in [4.78, 5) is 0. The molecule has 0 heterocycles. The van der Waals surface area contributed by atoms with Crippen molar-refractivity contribution in [1.29, 1.82) is 0 Å². The minimum atomic E-state index is 0.472. The van der Waals surface area contributed by atoms with Gasteiger partial charge in [0.1, 0.15) is 0 Å². The van der Waals surface area contributed by atoms with Gasteiger partial charge in [-0.2, -0.15) is 0 Å². The van der Waals surface area contributed by atoms with Crippen LogP contribution in [0.25, 0.3) is 0 Å². The molecule has 0 saturated heterocycles. The number of hydrogen-bond acceptors (Lipinski definition) is 1. The maximum Gasteiger partial charge on any atom is -0.00108 e. The second-order valence-corrected chi connectivity index (χ2v) is 4.12. The Morgan fingerprint density at radius 1 is 1.29 bits per heavy atom. The quantitative estimate of drug-likeness (QED) is 0.781. The minimum Gasteiger partial charge on any atom is -0.330 e. The van der Waals surface area contributed by atoms with E-state index in [0.717, 1.165) is 13.0 Å². The van der Waals surface area contributed by atoms with Gasteiger partial charge in [-0.25, -0.2) is 0 Å². The van der Waals surface area contributed by atoms with Gasteiger partial charge in [0.2, 0.25) is 0 Å². The molecule has 0 amide bonds. The molecule has 78 valence electrons. The van der Waals surface area contributed by atoms with Crippen molar-refractivity contribution in [3.8, 4) is 0 Å². The molecule has 1 aromatic rings. The average molecular weight is 191 g/mol. The molecule has 0 saturated carbocycles. The van der Waals surface area contributed by atoms with Crippen LogP contribution in [-0.4, -0.2) is 6.54 Å². The van der Waals surface area contributed by atoms with Crippen LogP contribution < -0.4 is 5.73 Å². The highest BCUT2D eigenvalue weighted by Crippen LogP contribution is 2.23. The maximum absolute atomic E-state index is 5.71. The highest BCUT2D eigenvalue weighted by atomic mass is 14.5. The lowest BCUT2D eigenvalue weighted by Gasteiger charge is -2.16. The first kappa shape index (κ1) is 11.3. The molecule has 1 atom stereocenters. The summed E-state index contributed by atoms with van der Waals surface area (Å²) in [5.41, 5.74) is 11.3. The lowest BCUT2D eigenvalue weighted by atomic mass is 9.91. The Morgan fingerprint density at radius 2 is 1.93 bits per heavy atom. The number of hydrogen-bond donors (Lipinski definition) is 1. The van der Waals surface area contributed by atoms with Crippen LogP contribution in [0, 0.1) is 13.8 Å². The van der Waals surface area contributed by atoms with Crippen LogP contribution in [0.15, 0.2) is 12.1 Å². The molecule has 1 aromatic carbocycles. The van der Waals surface area contributed by atoms with Gasteiger partial charge in [0.05, 0.1) is 0 Å². The molecule has 0 bridgehead atoms. The van der Waals surface area contributed by atoms with E-state index in [9.17, 15) is 0 Å². The summed E-state index contributed by atoms with van der Waals surface area (Å²) in [7, 11) is 0.